The number of aromatic amines is 1. The van der Waals surface area contributed by atoms with Gasteiger partial charge in [-0.3, -0.25) is 15.2 Å². The normalized spacial score (nSPS) is 14.2. The molecule has 2 heterocycles. The van der Waals surface area contributed by atoms with Gasteiger partial charge in [0.05, 0.1) is 17.1 Å². The number of amides is 1. The first-order valence-corrected chi connectivity index (χ1v) is 7.07. The Morgan fingerprint density at radius 2 is 2.21 bits per heavy atom. The molecule has 0 aliphatic heterocycles. The Morgan fingerprint density at radius 1 is 1.42 bits per heavy atom. The fraction of sp³-hybridized carbons (Fsp3) is 0.417. The highest BCUT2D eigenvalue weighted by molar-refractivity contribution is 7.15. The van der Waals surface area contributed by atoms with Gasteiger partial charge in [0.15, 0.2) is 10.8 Å². The number of aromatic nitrogens is 3. The zero-order chi connectivity index (χ0) is 13.4. The van der Waals surface area contributed by atoms with Crippen LogP contribution >= 0.6 is 11.3 Å². The van der Waals surface area contributed by atoms with Crippen molar-refractivity contribution in [1.29, 1.82) is 0 Å². The van der Waals surface area contributed by atoms with E-state index in [4.69, 9.17) is 5.73 Å². The number of carbonyl (C=O) groups is 1. The van der Waals surface area contributed by atoms with Crippen molar-refractivity contribution in [3.63, 3.8) is 0 Å². The van der Waals surface area contributed by atoms with Crippen LogP contribution in [0, 0.1) is 6.92 Å². The van der Waals surface area contributed by atoms with Gasteiger partial charge in [-0.25, -0.2) is 4.98 Å². The summed E-state index contributed by atoms with van der Waals surface area (Å²) < 4.78 is 0. The number of nitrogens with one attached hydrogen (secondary N) is 2. The molecule has 0 saturated heterocycles. The Hall–Kier alpha value is -1.89. The molecule has 3 rings (SSSR count). The first kappa shape index (κ1) is 12.2. The number of H-pyrrole nitrogens is 1. The monoisotopic (exact) mass is 277 g/mol. The highest BCUT2D eigenvalue weighted by Crippen LogP contribution is 2.29. The summed E-state index contributed by atoms with van der Waals surface area (Å²) in [6, 6.07) is 0. The first-order valence-electron chi connectivity index (χ1n) is 6.25. The van der Waals surface area contributed by atoms with E-state index in [1.54, 1.807) is 18.3 Å². The van der Waals surface area contributed by atoms with Crippen molar-refractivity contribution in [3.05, 3.63) is 22.0 Å². The van der Waals surface area contributed by atoms with Crippen LogP contribution in [0.4, 0.5) is 10.8 Å². The molecule has 19 heavy (non-hydrogen) atoms. The number of anilines is 2. The topological polar surface area (TPSA) is 96.7 Å². The number of aryl methyl sites for hydroxylation is 3. The van der Waals surface area contributed by atoms with Gasteiger partial charge in [0.2, 0.25) is 0 Å². The van der Waals surface area contributed by atoms with Crippen molar-refractivity contribution in [3.8, 4) is 0 Å². The minimum absolute atomic E-state index is 0.227. The Morgan fingerprint density at radius 3 is 2.89 bits per heavy atom. The molecule has 0 fully saturated rings. The second kappa shape index (κ2) is 4.65. The summed E-state index contributed by atoms with van der Waals surface area (Å²) in [5.74, 6) is -0.312. The van der Waals surface area contributed by atoms with Crippen LogP contribution in [0.25, 0.3) is 0 Å². The molecule has 0 bridgehead atoms. The lowest BCUT2D eigenvalue weighted by atomic mass is 10.0. The van der Waals surface area contributed by atoms with Crippen molar-refractivity contribution in [2.24, 2.45) is 0 Å². The van der Waals surface area contributed by atoms with Gasteiger partial charge < -0.3 is 5.73 Å². The molecule has 1 aliphatic rings. The highest BCUT2D eigenvalue weighted by Gasteiger charge is 2.19. The lowest BCUT2D eigenvalue weighted by molar-refractivity contribution is 0.102. The van der Waals surface area contributed by atoms with Gasteiger partial charge in [0.1, 0.15) is 0 Å². The molecule has 1 amide bonds. The Bertz CT molecular complexity index is 607. The van der Waals surface area contributed by atoms with Crippen molar-refractivity contribution in [2.45, 2.75) is 32.6 Å². The molecule has 7 heteroatoms. The highest BCUT2D eigenvalue weighted by atomic mass is 32.1. The van der Waals surface area contributed by atoms with Crippen LogP contribution in [0.1, 0.15) is 39.6 Å². The van der Waals surface area contributed by atoms with Crippen LogP contribution < -0.4 is 11.1 Å². The lowest BCUT2D eigenvalue weighted by Crippen LogP contribution is -2.14. The molecule has 4 N–H and O–H groups in total. The summed E-state index contributed by atoms with van der Waals surface area (Å²) in [5, 5.41) is 10.0. The number of hydrogen-bond acceptors (Lipinski definition) is 5. The third kappa shape index (κ3) is 2.21. The molecule has 0 saturated carbocycles. The van der Waals surface area contributed by atoms with E-state index < -0.39 is 0 Å². The van der Waals surface area contributed by atoms with Gasteiger partial charge in [-0.15, -0.1) is 11.3 Å². The number of nitrogens with zero attached hydrogens (tertiary/aromatic N) is 2. The number of nitrogens with two attached hydrogens (primary N) is 1. The van der Waals surface area contributed by atoms with Gasteiger partial charge in [-0.05, 0) is 32.6 Å². The number of nitrogen functional groups attached to an aromatic ring is 1. The minimum atomic E-state index is -0.312. The van der Waals surface area contributed by atoms with Gasteiger partial charge in [-0.1, -0.05) is 0 Å². The van der Waals surface area contributed by atoms with Crippen LogP contribution in [0.15, 0.2) is 0 Å². The smallest absolute Gasteiger partial charge is 0.280 e. The molecule has 2 aromatic rings. The van der Waals surface area contributed by atoms with Gasteiger partial charge in [-0.2, -0.15) is 5.10 Å². The maximum absolute atomic E-state index is 12.1. The predicted octanol–water partition coefficient (Wildman–Crippen LogP) is 1.89. The van der Waals surface area contributed by atoms with Crippen LogP contribution in [0.3, 0.4) is 0 Å². The fourth-order valence-electron chi connectivity index (χ4n) is 2.17. The lowest BCUT2D eigenvalue weighted by Gasteiger charge is -2.06. The molecular formula is C12H15N5OS. The number of carbonyl (C=O) groups excluding carboxylic acids is 1. The van der Waals surface area contributed by atoms with Crippen molar-refractivity contribution in [2.75, 3.05) is 11.1 Å². The Balaban J connectivity index is 1.79. The van der Waals surface area contributed by atoms with E-state index in [-0.39, 0.29) is 11.6 Å². The third-order valence-corrected chi connectivity index (χ3v) is 4.35. The molecule has 0 unspecified atom stereocenters. The van der Waals surface area contributed by atoms with Gasteiger partial charge in [0, 0.05) is 4.88 Å². The zero-order valence-corrected chi connectivity index (χ0v) is 11.4. The average molecular weight is 277 g/mol. The van der Waals surface area contributed by atoms with Crippen molar-refractivity contribution < 1.29 is 4.79 Å². The van der Waals surface area contributed by atoms with Crippen LogP contribution in [-0.4, -0.2) is 21.1 Å². The summed E-state index contributed by atoms with van der Waals surface area (Å²) >= 11 is 1.55. The van der Waals surface area contributed by atoms with Crippen molar-refractivity contribution >= 4 is 28.1 Å². The maximum atomic E-state index is 12.1. The summed E-state index contributed by atoms with van der Waals surface area (Å²) in [7, 11) is 0. The summed E-state index contributed by atoms with van der Waals surface area (Å²) in [5.41, 5.74) is 8.22. The number of hydrogen-bond donors (Lipinski definition) is 3. The summed E-state index contributed by atoms with van der Waals surface area (Å²) in [4.78, 5) is 17.8. The molecule has 0 spiro atoms. The summed E-state index contributed by atoms with van der Waals surface area (Å²) in [6.45, 7) is 1.78. The Labute approximate surface area is 114 Å². The average Bonchev–Trinajstić information content (AvgIpc) is 2.93. The first-order chi connectivity index (χ1) is 9.15. The van der Waals surface area contributed by atoms with Gasteiger partial charge >= 0.3 is 0 Å². The minimum Gasteiger partial charge on any atom is -0.395 e. The Kier molecular flexibility index (Phi) is 2.98. The second-order valence-electron chi connectivity index (χ2n) is 4.66. The predicted molar refractivity (Wildman–Crippen MR) is 74.4 cm³/mol. The maximum Gasteiger partial charge on any atom is 0.280 e. The second-order valence-corrected chi connectivity index (χ2v) is 5.74. The molecule has 0 atom stereocenters. The van der Waals surface area contributed by atoms with Gasteiger partial charge in [0.25, 0.3) is 5.91 Å². The van der Waals surface area contributed by atoms with E-state index in [0.29, 0.717) is 16.5 Å². The largest absolute Gasteiger partial charge is 0.395 e. The molecular weight excluding hydrogens is 262 g/mol. The van der Waals surface area contributed by atoms with Crippen molar-refractivity contribution in [1.82, 2.24) is 15.2 Å². The number of fused-ring (bicyclic) bond motifs is 1. The van der Waals surface area contributed by atoms with E-state index >= 15 is 0 Å². The van der Waals surface area contributed by atoms with E-state index in [0.717, 1.165) is 18.5 Å². The molecule has 2 aromatic heterocycles. The van der Waals surface area contributed by atoms with E-state index in [1.165, 1.54) is 17.7 Å². The van der Waals surface area contributed by atoms with Crippen LogP contribution in [0.2, 0.25) is 0 Å². The molecule has 0 aromatic carbocycles. The third-order valence-electron chi connectivity index (χ3n) is 3.28. The molecule has 100 valence electrons. The van der Waals surface area contributed by atoms with Crippen LogP contribution in [-0.2, 0) is 12.8 Å². The van der Waals surface area contributed by atoms with E-state index in [9.17, 15) is 4.79 Å². The fourth-order valence-corrected chi connectivity index (χ4v) is 3.22. The molecule has 1 aliphatic carbocycles. The quantitative estimate of drug-likeness (QED) is 0.781. The summed E-state index contributed by atoms with van der Waals surface area (Å²) in [6.07, 6.45) is 4.45. The van der Waals surface area contributed by atoms with E-state index in [2.05, 4.69) is 20.5 Å². The molecule has 0 radical (unpaired) electrons. The molecule has 6 nitrogen and oxygen atoms in total. The van der Waals surface area contributed by atoms with Crippen LogP contribution in [0.5, 0.6) is 0 Å². The number of rotatable bonds is 2. The zero-order valence-electron chi connectivity index (χ0n) is 10.6. The number of thiazole rings is 1. The van der Waals surface area contributed by atoms with E-state index in [1.807, 2.05) is 0 Å². The standard InChI is InChI=1S/C12H15N5OS/c1-6-9(13)10(17-16-6)11(18)15-12-14-7-4-2-3-5-8(7)19-12/h2-5,13H2,1H3,(H,16,17)(H,14,15,18). The SMILES string of the molecule is Cc1[nH]nc(C(=O)Nc2nc3c(s2)CCCC3)c1N.